The number of benzene rings is 2. The van der Waals surface area contributed by atoms with Gasteiger partial charge in [-0.25, -0.2) is 0 Å². The number of aromatic amines is 1. The first kappa shape index (κ1) is 14.4. The van der Waals surface area contributed by atoms with Gasteiger partial charge in [0.2, 0.25) is 0 Å². The van der Waals surface area contributed by atoms with Crippen molar-refractivity contribution < 1.29 is 5.11 Å². The second-order valence-electron chi connectivity index (χ2n) is 6.53. The van der Waals surface area contributed by atoms with E-state index in [0.29, 0.717) is 0 Å². The molecule has 0 amide bonds. The van der Waals surface area contributed by atoms with E-state index in [1.807, 2.05) is 36.5 Å². The molecule has 1 aliphatic carbocycles. The van der Waals surface area contributed by atoms with Crippen LogP contribution in [0.1, 0.15) is 30.1 Å². The molecule has 0 radical (unpaired) electrons. The Morgan fingerprint density at radius 1 is 1.13 bits per heavy atom. The Labute approximate surface area is 135 Å². The zero-order chi connectivity index (χ0) is 15.7. The highest BCUT2D eigenvalue weighted by atomic mass is 16.3. The van der Waals surface area contributed by atoms with Crippen molar-refractivity contribution in [3.8, 4) is 0 Å². The van der Waals surface area contributed by atoms with Gasteiger partial charge in [0.15, 0.2) is 0 Å². The molecule has 118 valence electrons. The molecule has 3 N–H and O–H groups in total. The van der Waals surface area contributed by atoms with Gasteiger partial charge in [-0.1, -0.05) is 48.5 Å². The number of hydrogen-bond donors (Lipinski definition) is 3. The summed E-state index contributed by atoms with van der Waals surface area (Å²) in [5, 5.41) is 22.5. The van der Waals surface area contributed by atoms with Gasteiger partial charge in [0.05, 0.1) is 17.8 Å². The third-order valence-electron chi connectivity index (χ3n) is 4.94. The third-order valence-corrected chi connectivity index (χ3v) is 4.94. The summed E-state index contributed by atoms with van der Waals surface area (Å²) in [7, 11) is 0. The normalized spacial score (nSPS) is 17.3. The predicted octanol–water partition coefficient (Wildman–Crippen LogP) is 3.17. The molecule has 23 heavy (non-hydrogen) atoms. The van der Waals surface area contributed by atoms with Crippen LogP contribution in [-0.2, 0) is 6.54 Å². The molecule has 1 aromatic heterocycles. The van der Waals surface area contributed by atoms with Crippen LogP contribution < -0.4 is 5.32 Å². The van der Waals surface area contributed by atoms with Crippen LogP contribution in [0, 0.1) is 5.41 Å². The number of para-hydroxylation sites is 1. The van der Waals surface area contributed by atoms with Crippen molar-refractivity contribution in [3.63, 3.8) is 0 Å². The van der Waals surface area contributed by atoms with E-state index < -0.39 is 0 Å². The monoisotopic (exact) mass is 307 g/mol. The Bertz CT molecular complexity index is 792. The fourth-order valence-corrected chi connectivity index (χ4v) is 3.32. The summed E-state index contributed by atoms with van der Waals surface area (Å²) in [5.41, 5.74) is 3.31. The predicted molar refractivity (Wildman–Crippen MR) is 90.9 cm³/mol. The first-order chi connectivity index (χ1) is 11.3. The summed E-state index contributed by atoms with van der Waals surface area (Å²) in [6.07, 6.45) is 3.61. The summed E-state index contributed by atoms with van der Waals surface area (Å²) >= 11 is 0. The maximum Gasteiger partial charge on any atom is 0.0858 e. The average molecular weight is 307 g/mol. The zero-order valence-corrected chi connectivity index (χ0v) is 13.0. The van der Waals surface area contributed by atoms with Crippen molar-refractivity contribution in [2.24, 2.45) is 5.41 Å². The van der Waals surface area contributed by atoms with Gasteiger partial charge in [0, 0.05) is 23.9 Å². The fourth-order valence-electron chi connectivity index (χ4n) is 3.32. The van der Waals surface area contributed by atoms with Crippen molar-refractivity contribution in [1.82, 2.24) is 15.5 Å². The number of rotatable bonds is 6. The van der Waals surface area contributed by atoms with E-state index in [9.17, 15) is 5.11 Å². The first-order valence-corrected chi connectivity index (χ1v) is 8.13. The SMILES string of the molecule is OC(c1ccccc1)C1(CNCc2cccc3cn[nH]c23)CC1. The van der Waals surface area contributed by atoms with Crippen LogP contribution in [-0.4, -0.2) is 21.8 Å². The quantitative estimate of drug-likeness (QED) is 0.655. The lowest BCUT2D eigenvalue weighted by atomic mass is 9.92. The Kier molecular flexibility index (Phi) is 3.63. The zero-order valence-electron chi connectivity index (χ0n) is 13.0. The molecule has 0 bridgehead atoms. The van der Waals surface area contributed by atoms with Crippen LogP contribution in [0.15, 0.2) is 54.7 Å². The van der Waals surface area contributed by atoms with Gasteiger partial charge in [0.1, 0.15) is 0 Å². The van der Waals surface area contributed by atoms with Crippen LogP contribution in [0.2, 0.25) is 0 Å². The van der Waals surface area contributed by atoms with Crippen molar-refractivity contribution >= 4 is 10.9 Å². The number of aromatic nitrogens is 2. The van der Waals surface area contributed by atoms with Gasteiger partial charge in [-0.3, -0.25) is 5.10 Å². The lowest BCUT2D eigenvalue weighted by Crippen LogP contribution is -2.28. The van der Waals surface area contributed by atoms with Gasteiger partial charge in [-0.2, -0.15) is 5.10 Å². The third kappa shape index (κ3) is 2.76. The van der Waals surface area contributed by atoms with Crippen LogP contribution in [0.4, 0.5) is 0 Å². The van der Waals surface area contributed by atoms with E-state index in [1.54, 1.807) is 0 Å². The van der Waals surface area contributed by atoms with Gasteiger partial charge in [-0.15, -0.1) is 0 Å². The summed E-state index contributed by atoms with van der Waals surface area (Å²) in [6, 6.07) is 16.2. The minimum atomic E-state index is -0.390. The standard InChI is InChI=1S/C19H21N3O/c23-18(14-5-2-1-3-6-14)19(9-10-19)13-20-11-15-7-4-8-16-12-21-22-17(15)16/h1-8,12,18,20,23H,9-11,13H2,(H,21,22). The molecule has 1 saturated carbocycles. The lowest BCUT2D eigenvalue weighted by Gasteiger charge is -2.23. The first-order valence-electron chi connectivity index (χ1n) is 8.13. The Balaban J connectivity index is 1.42. The largest absolute Gasteiger partial charge is 0.388 e. The summed E-state index contributed by atoms with van der Waals surface area (Å²) in [5.74, 6) is 0. The molecule has 1 unspecified atom stereocenters. The van der Waals surface area contributed by atoms with Crippen LogP contribution >= 0.6 is 0 Å². The number of aliphatic hydroxyl groups is 1. The van der Waals surface area contributed by atoms with Gasteiger partial charge >= 0.3 is 0 Å². The maximum absolute atomic E-state index is 10.7. The number of hydrogen-bond acceptors (Lipinski definition) is 3. The van der Waals surface area contributed by atoms with E-state index >= 15 is 0 Å². The molecule has 4 rings (SSSR count). The number of fused-ring (bicyclic) bond motifs is 1. The molecule has 0 spiro atoms. The van der Waals surface area contributed by atoms with Gasteiger partial charge in [-0.05, 0) is 24.0 Å². The highest BCUT2D eigenvalue weighted by Crippen LogP contribution is 2.54. The van der Waals surface area contributed by atoms with E-state index in [4.69, 9.17) is 0 Å². The van der Waals surface area contributed by atoms with Gasteiger partial charge < -0.3 is 10.4 Å². The molecule has 3 aromatic rings. The molecular formula is C19H21N3O. The highest BCUT2D eigenvalue weighted by Gasteiger charge is 2.48. The molecule has 4 heteroatoms. The highest BCUT2D eigenvalue weighted by molar-refractivity contribution is 5.81. The Hall–Kier alpha value is -2.17. The molecule has 1 atom stereocenters. The summed E-state index contributed by atoms with van der Waals surface area (Å²) in [4.78, 5) is 0. The number of aliphatic hydroxyl groups excluding tert-OH is 1. The average Bonchev–Trinajstić information content (AvgIpc) is 3.22. The topological polar surface area (TPSA) is 60.9 Å². The Morgan fingerprint density at radius 2 is 1.96 bits per heavy atom. The minimum absolute atomic E-state index is 0.0107. The molecule has 2 aromatic carbocycles. The van der Waals surface area contributed by atoms with Crippen LogP contribution in [0.25, 0.3) is 10.9 Å². The molecule has 1 aliphatic rings. The van der Waals surface area contributed by atoms with Crippen molar-refractivity contribution in [2.75, 3.05) is 6.54 Å². The molecule has 1 fully saturated rings. The molecule has 0 aliphatic heterocycles. The van der Waals surface area contributed by atoms with Crippen LogP contribution in [0.5, 0.6) is 0 Å². The number of nitrogens with zero attached hydrogens (tertiary/aromatic N) is 1. The summed E-state index contributed by atoms with van der Waals surface area (Å²) < 4.78 is 0. The minimum Gasteiger partial charge on any atom is -0.388 e. The van der Waals surface area contributed by atoms with Crippen LogP contribution in [0.3, 0.4) is 0 Å². The number of H-pyrrole nitrogens is 1. The van der Waals surface area contributed by atoms with E-state index in [-0.39, 0.29) is 11.5 Å². The maximum atomic E-state index is 10.7. The molecule has 1 heterocycles. The molecule has 0 saturated heterocycles. The smallest absolute Gasteiger partial charge is 0.0858 e. The second-order valence-corrected chi connectivity index (χ2v) is 6.53. The summed E-state index contributed by atoms with van der Waals surface area (Å²) in [6.45, 7) is 1.61. The van der Waals surface area contributed by atoms with E-state index in [0.717, 1.165) is 42.4 Å². The van der Waals surface area contributed by atoms with Crippen molar-refractivity contribution in [3.05, 3.63) is 65.9 Å². The molecular weight excluding hydrogens is 286 g/mol. The fraction of sp³-hybridized carbons (Fsp3) is 0.316. The number of nitrogens with one attached hydrogen (secondary N) is 2. The van der Waals surface area contributed by atoms with E-state index in [1.165, 1.54) is 5.56 Å². The Morgan fingerprint density at radius 3 is 2.74 bits per heavy atom. The molecule has 4 nitrogen and oxygen atoms in total. The van der Waals surface area contributed by atoms with Gasteiger partial charge in [0.25, 0.3) is 0 Å². The van der Waals surface area contributed by atoms with Crippen molar-refractivity contribution in [1.29, 1.82) is 0 Å². The van der Waals surface area contributed by atoms with Crippen molar-refractivity contribution in [2.45, 2.75) is 25.5 Å². The second kappa shape index (κ2) is 5.80. The lowest BCUT2D eigenvalue weighted by molar-refractivity contribution is 0.0917. The van der Waals surface area contributed by atoms with E-state index in [2.05, 4.69) is 33.7 Å².